The van der Waals surface area contributed by atoms with E-state index < -0.39 is 10.0 Å². The Morgan fingerprint density at radius 1 is 1.36 bits per heavy atom. The summed E-state index contributed by atoms with van der Waals surface area (Å²) in [5, 5.41) is 7.91. The number of sulfonamides is 1. The molecule has 0 aliphatic carbocycles. The van der Waals surface area contributed by atoms with Gasteiger partial charge in [-0.1, -0.05) is 19.1 Å². The maximum Gasteiger partial charge on any atom is 0.238 e. The number of primary sulfonamides is 1. The van der Waals surface area contributed by atoms with Crippen molar-refractivity contribution in [2.24, 2.45) is 11.1 Å². The van der Waals surface area contributed by atoms with Crippen LogP contribution in [0.3, 0.4) is 0 Å². The number of carbonyl (C=O) groups is 2. The van der Waals surface area contributed by atoms with E-state index in [1.165, 1.54) is 12.1 Å². The van der Waals surface area contributed by atoms with E-state index in [-0.39, 0.29) is 35.1 Å². The van der Waals surface area contributed by atoms with Crippen molar-refractivity contribution in [2.75, 3.05) is 13.1 Å². The van der Waals surface area contributed by atoms with Gasteiger partial charge in [-0.2, -0.15) is 0 Å². The average molecular weight is 367 g/mol. The van der Waals surface area contributed by atoms with Gasteiger partial charge in [-0.3, -0.25) is 9.59 Å². The molecular formula is C17H25N3O4S. The van der Waals surface area contributed by atoms with Gasteiger partial charge in [-0.25, -0.2) is 13.6 Å². The molecule has 2 unspecified atom stereocenters. The Balaban J connectivity index is 1.82. The standard InChI is InChI=1S/C17H25N3O4S/c1-3-12(2)20-11-14(10-16(20)21)17(22)19-9-8-13-4-6-15(7-5-13)25(18,23)24/h4-7,12,14H,3,8-11H2,1-2H3,(H,19,22)(H2,18,23,24). The van der Waals surface area contributed by atoms with E-state index >= 15 is 0 Å². The molecule has 1 aromatic rings. The fourth-order valence-electron chi connectivity index (χ4n) is 2.87. The first kappa shape index (κ1) is 19.4. The lowest BCUT2D eigenvalue weighted by molar-refractivity contribution is -0.130. The van der Waals surface area contributed by atoms with Crippen molar-refractivity contribution in [1.29, 1.82) is 0 Å². The quantitative estimate of drug-likeness (QED) is 0.737. The molecule has 0 saturated carbocycles. The Morgan fingerprint density at radius 3 is 2.56 bits per heavy atom. The van der Waals surface area contributed by atoms with Crippen molar-refractivity contribution in [3.8, 4) is 0 Å². The molecule has 2 amide bonds. The first-order valence-electron chi connectivity index (χ1n) is 8.41. The molecule has 2 atom stereocenters. The highest BCUT2D eigenvalue weighted by atomic mass is 32.2. The second kappa shape index (κ2) is 7.97. The van der Waals surface area contributed by atoms with Crippen LogP contribution in [0.1, 0.15) is 32.3 Å². The molecule has 2 rings (SSSR count). The van der Waals surface area contributed by atoms with Crippen molar-refractivity contribution in [2.45, 2.75) is 44.0 Å². The monoisotopic (exact) mass is 367 g/mol. The number of rotatable bonds is 7. The van der Waals surface area contributed by atoms with Crippen LogP contribution in [0.5, 0.6) is 0 Å². The highest BCUT2D eigenvalue weighted by Gasteiger charge is 2.35. The molecule has 0 bridgehead atoms. The second-order valence-electron chi connectivity index (χ2n) is 6.43. The zero-order valence-corrected chi connectivity index (χ0v) is 15.4. The Hall–Kier alpha value is -1.93. The molecule has 0 aromatic heterocycles. The normalized spacial score (nSPS) is 19.1. The van der Waals surface area contributed by atoms with E-state index in [0.29, 0.717) is 19.5 Å². The van der Waals surface area contributed by atoms with E-state index in [0.717, 1.165) is 12.0 Å². The topological polar surface area (TPSA) is 110 Å². The van der Waals surface area contributed by atoms with Gasteiger partial charge in [0.2, 0.25) is 21.8 Å². The van der Waals surface area contributed by atoms with Crippen LogP contribution in [-0.4, -0.2) is 44.3 Å². The molecule has 1 aliphatic rings. The van der Waals surface area contributed by atoms with Crippen molar-refractivity contribution < 1.29 is 18.0 Å². The molecule has 1 saturated heterocycles. The van der Waals surface area contributed by atoms with E-state index in [1.54, 1.807) is 17.0 Å². The third-order valence-corrected chi connectivity index (χ3v) is 5.55. The number of hydrogen-bond donors (Lipinski definition) is 2. The van der Waals surface area contributed by atoms with Gasteiger partial charge in [0.05, 0.1) is 10.8 Å². The van der Waals surface area contributed by atoms with Crippen molar-refractivity contribution >= 4 is 21.8 Å². The average Bonchev–Trinajstić information content (AvgIpc) is 2.95. The van der Waals surface area contributed by atoms with Gasteiger partial charge in [-0.15, -0.1) is 0 Å². The highest BCUT2D eigenvalue weighted by Crippen LogP contribution is 2.21. The predicted molar refractivity (Wildman–Crippen MR) is 94.1 cm³/mol. The lowest BCUT2D eigenvalue weighted by atomic mass is 10.1. The highest BCUT2D eigenvalue weighted by molar-refractivity contribution is 7.89. The third-order valence-electron chi connectivity index (χ3n) is 4.62. The Morgan fingerprint density at radius 2 is 2.00 bits per heavy atom. The smallest absolute Gasteiger partial charge is 0.238 e. The summed E-state index contributed by atoms with van der Waals surface area (Å²) < 4.78 is 22.4. The lowest BCUT2D eigenvalue weighted by Gasteiger charge is -2.23. The number of likely N-dealkylation sites (tertiary alicyclic amines) is 1. The summed E-state index contributed by atoms with van der Waals surface area (Å²) in [6.45, 7) is 4.92. The molecule has 0 radical (unpaired) electrons. The second-order valence-corrected chi connectivity index (χ2v) is 8.00. The molecule has 25 heavy (non-hydrogen) atoms. The zero-order valence-electron chi connectivity index (χ0n) is 14.6. The summed E-state index contributed by atoms with van der Waals surface area (Å²) in [5.41, 5.74) is 0.899. The fraction of sp³-hybridized carbons (Fsp3) is 0.529. The Kier molecular flexibility index (Phi) is 6.18. The minimum absolute atomic E-state index is 0.0353. The van der Waals surface area contributed by atoms with Crippen molar-refractivity contribution in [1.82, 2.24) is 10.2 Å². The molecule has 1 aromatic carbocycles. The summed E-state index contributed by atoms with van der Waals surface area (Å²) >= 11 is 0. The predicted octanol–water partition coefficient (Wildman–Crippen LogP) is 0.640. The van der Waals surface area contributed by atoms with Crippen LogP contribution in [0.2, 0.25) is 0 Å². The third kappa shape index (κ3) is 5.02. The van der Waals surface area contributed by atoms with Crippen molar-refractivity contribution in [3.05, 3.63) is 29.8 Å². The van der Waals surface area contributed by atoms with Gasteiger partial charge in [0.15, 0.2) is 0 Å². The minimum atomic E-state index is -3.69. The molecular weight excluding hydrogens is 342 g/mol. The number of nitrogens with two attached hydrogens (primary N) is 1. The number of carbonyl (C=O) groups excluding carboxylic acids is 2. The fourth-order valence-corrected chi connectivity index (χ4v) is 3.39. The van der Waals surface area contributed by atoms with Gasteiger partial charge >= 0.3 is 0 Å². The minimum Gasteiger partial charge on any atom is -0.355 e. The Bertz CT molecular complexity index is 731. The summed E-state index contributed by atoms with van der Waals surface area (Å²) in [6.07, 6.45) is 1.71. The van der Waals surface area contributed by atoms with E-state index in [2.05, 4.69) is 5.32 Å². The van der Waals surface area contributed by atoms with E-state index in [9.17, 15) is 18.0 Å². The van der Waals surface area contributed by atoms with Gasteiger partial charge in [0, 0.05) is 25.6 Å². The van der Waals surface area contributed by atoms with Gasteiger partial charge in [-0.05, 0) is 37.5 Å². The first-order valence-corrected chi connectivity index (χ1v) is 9.96. The molecule has 3 N–H and O–H groups in total. The lowest BCUT2D eigenvalue weighted by Crippen LogP contribution is -2.37. The maximum absolute atomic E-state index is 12.2. The van der Waals surface area contributed by atoms with Crippen molar-refractivity contribution in [3.63, 3.8) is 0 Å². The maximum atomic E-state index is 12.2. The summed E-state index contributed by atoms with van der Waals surface area (Å²) in [6, 6.07) is 6.41. The largest absolute Gasteiger partial charge is 0.355 e. The number of amides is 2. The molecule has 7 nitrogen and oxygen atoms in total. The van der Waals surface area contributed by atoms with Crippen LogP contribution in [0.25, 0.3) is 0 Å². The number of hydrogen-bond acceptors (Lipinski definition) is 4. The molecule has 0 spiro atoms. The summed E-state index contributed by atoms with van der Waals surface area (Å²) in [5.74, 6) is -0.375. The van der Waals surface area contributed by atoms with Crippen LogP contribution in [0, 0.1) is 5.92 Å². The summed E-state index contributed by atoms with van der Waals surface area (Å²) in [4.78, 5) is 26.1. The van der Waals surface area contributed by atoms with Gasteiger partial charge in [0.1, 0.15) is 0 Å². The SMILES string of the molecule is CCC(C)N1CC(C(=O)NCCc2ccc(S(N)(=O)=O)cc2)CC1=O. The summed E-state index contributed by atoms with van der Waals surface area (Å²) in [7, 11) is -3.69. The molecule has 1 heterocycles. The van der Waals surface area contributed by atoms with E-state index in [1.807, 2.05) is 13.8 Å². The van der Waals surface area contributed by atoms with Crippen LogP contribution in [-0.2, 0) is 26.0 Å². The molecule has 1 aliphatic heterocycles. The van der Waals surface area contributed by atoms with Crippen LogP contribution in [0.4, 0.5) is 0 Å². The van der Waals surface area contributed by atoms with Crippen LogP contribution in [0.15, 0.2) is 29.2 Å². The van der Waals surface area contributed by atoms with Crippen LogP contribution < -0.4 is 10.5 Å². The Labute approximate surface area is 148 Å². The first-order chi connectivity index (χ1) is 11.7. The van der Waals surface area contributed by atoms with Gasteiger partial charge < -0.3 is 10.2 Å². The number of nitrogens with one attached hydrogen (secondary N) is 1. The molecule has 138 valence electrons. The van der Waals surface area contributed by atoms with E-state index in [4.69, 9.17) is 5.14 Å². The zero-order chi connectivity index (χ0) is 18.6. The van der Waals surface area contributed by atoms with Gasteiger partial charge in [0.25, 0.3) is 0 Å². The number of benzene rings is 1. The van der Waals surface area contributed by atoms with Crippen LogP contribution >= 0.6 is 0 Å². The number of nitrogens with zero attached hydrogens (tertiary/aromatic N) is 1. The molecule has 8 heteroatoms. The molecule has 1 fully saturated rings.